The van der Waals surface area contributed by atoms with Gasteiger partial charge in [-0.05, 0) is 31.4 Å². The molecule has 1 rings (SSSR count). The summed E-state index contributed by atoms with van der Waals surface area (Å²) in [5.74, 6) is -1.51. The summed E-state index contributed by atoms with van der Waals surface area (Å²) in [5, 5.41) is 5.18. The van der Waals surface area contributed by atoms with Gasteiger partial charge in [-0.3, -0.25) is 4.79 Å². The Morgan fingerprint density at radius 1 is 1.25 bits per heavy atom. The summed E-state index contributed by atoms with van der Waals surface area (Å²) < 4.78 is 27.2. The van der Waals surface area contributed by atoms with Crippen LogP contribution in [0, 0.1) is 17.6 Å². The number of amides is 1. The van der Waals surface area contributed by atoms with Crippen molar-refractivity contribution in [1.29, 1.82) is 0 Å². The molecular formula is C15H22F2N2O. The summed E-state index contributed by atoms with van der Waals surface area (Å²) in [5.41, 5.74) is -0.232. The van der Waals surface area contributed by atoms with Gasteiger partial charge in [0.25, 0.3) is 5.91 Å². The van der Waals surface area contributed by atoms with Crippen molar-refractivity contribution in [2.45, 2.75) is 39.7 Å². The highest BCUT2D eigenvalue weighted by molar-refractivity contribution is 5.94. The third-order valence-corrected chi connectivity index (χ3v) is 3.38. The first-order valence-corrected chi connectivity index (χ1v) is 6.86. The number of hydrogen-bond donors (Lipinski definition) is 2. The van der Waals surface area contributed by atoms with Crippen LogP contribution in [0.1, 0.15) is 44.0 Å². The molecule has 0 spiro atoms. The molecule has 0 bridgehead atoms. The predicted molar refractivity (Wildman–Crippen MR) is 76.9 cm³/mol. The Balaban J connectivity index is 2.78. The Morgan fingerprint density at radius 3 is 2.25 bits per heavy atom. The van der Waals surface area contributed by atoms with E-state index >= 15 is 0 Å². The molecule has 0 aliphatic carbocycles. The molecule has 0 aromatic heterocycles. The van der Waals surface area contributed by atoms with Gasteiger partial charge in [0, 0.05) is 18.7 Å². The van der Waals surface area contributed by atoms with Crippen molar-refractivity contribution in [3.8, 4) is 0 Å². The number of carbonyl (C=O) groups excluding carboxylic acids is 1. The number of nitrogens with one attached hydrogen (secondary N) is 2. The van der Waals surface area contributed by atoms with Gasteiger partial charge in [0.2, 0.25) is 0 Å². The second kappa shape index (κ2) is 7.22. The van der Waals surface area contributed by atoms with Gasteiger partial charge >= 0.3 is 0 Å². The zero-order valence-corrected chi connectivity index (χ0v) is 12.4. The van der Waals surface area contributed by atoms with Crippen molar-refractivity contribution in [3.05, 3.63) is 29.3 Å². The summed E-state index contributed by atoms with van der Waals surface area (Å²) in [7, 11) is 1.43. The molecule has 0 saturated carbocycles. The second-order valence-electron chi connectivity index (χ2n) is 5.19. The maximum Gasteiger partial charge on any atom is 0.251 e. The maximum absolute atomic E-state index is 13.6. The van der Waals surface area contributed by atoms with E-state index in [-0.39, 0.29) is 17.3 Å². The van der Waals surface area contributed by atoms with Crippen molar-refractivity contribution in [2.24, 2.45) is 5.92 Å². The first-order valence-electron chi connectivity index (χ1n) is 6.86. The third-order valence-electron chi connectivity index (χ3n) is 3.38. The van der Waals surface area contributed by atoms with Gasteiger partial charge in [-0.2, -0.15) is 0 Å². The molecule has 2 unspecified atom stereocenters. The monoisotopic (exact) mass is 284 g/mol. The number of halogens is 2. The normalized spacial score (nSPS) is 13.7. The van der Waals surface area contributed by atoms with Crippen LogP contribution >= 0.6 is 0 Å². The smallest absolute Gasteiger partial charge is 0.251 e. The van der Waals surface area contributed by atoms with E-state index < -0.39 is 17.5 Å². The van der Waals surface area contributed by atoms with Gasteiger partial charge in [0.15, 0.2) is 0 Å². The van der Waals surface area contributed by atoms with Gasteiger partial charge in [-0.15, -0.1) is 0 Å². The first kappa shape index (κ1) is 16.4. The number of hydrogen-bond acceptors (Lipinski definition) is 2. The van der Waals surface area contributed by atoms with Crippen molar-refractivity contribution in [2.75, 3.05) is 12.4 Å². The molecule has 112 valence electrons. The van der Waals surface area contributed by atoms with Crippen LogP contribution in [0.3, 0.4) is 0 Å². The summed E-state index contributed by atoms with van der Waals surface area (Å²) in [6.45, 7) is 6.07. The standard InChI is InChI=1S/C15H22F2N2O/c1-5-9(2)6-10(3)19-15(20)11-7-12(16)14(18-4)13(17)8-11/h7-10,18H,5-6H2,1-4H3,(H,19,20). The molecule has 3 nitrogen and oxygen atoms in total. The molecule has 0 aliphatic heterocycles. The van der Waals surface area contributed by atoms with Gasteiger partial charge < -0.3 is 10.6 Å². The van der Waals surface area contributed by atoms with Crippen molar-refractivity contribution in [3.63, 3.8) is 0 Å². The molecule has 2 N–H and O–H groups in total. The number of anilines is 1. The SMILES string of the molecule is CCC(C)CC(C)NC(=O)c1cc(F)c(NC)c(F)c1. The predicted octanol–water partition coefficient (Wildman–Crippen LogP) is 3.56. The lowest BCUT2D eigenvalue weighted by Crippen LogP contribution is -2.33. The fourth-order valence-electron chi connectivity index (χ4n) is 2.08. The maximum atomic E-state index is 13.6. The van der Waals surface area contributed by atoms with Crippen molar-refractivity contribution >= 4 is 11.6 Å². The Morgan fingerprint density at radius 2 is 1.80 bits per heavy atom. The quantitative estimate of drug-likeness (QED) is 0.838. The first-order chi connectivity index (χ1) is 9.38. The molecule has 1 amide bonds. The van der Waals surface area contributed by atoms with E-state index in [9.17, 15) is 13.6 Å². The number of carbonyl (C=O) groups is 1. The highest BCUT2D eigenvalue weighted by atomic mass is 19.1. The van der Waals surface area contributed by atoms with Crippen LogP contribution in [-0.4, -0.2) is 19.0 Å². The van der Waals surface area contributed by atoms with E-state index in [1.54, 1.807) is 0 Å². The summed E-state index contributed by atoms with van der Waals surface area (Å²) >= 11 is 0. The molecule has 0 saturated heterocycles. The van der Waals surface area contributed by atoms with Crippen molar-refractivity contribution < 1.29 is 13.6 Å². The zero-order valence-electron chi connectivity index (χ0n) is 12.4. The Labute approximate surface area is 118 Å². The van der Waals surface area contributed by atoms with Crippen LogP contribution in [0.4, 0.5) is 14.5 Å². The highest BCUT2D eigenvalue weighted by Gasteiger charge is 2.16. The molecule has 2 atom stereocenters. The Kier molecular flexibility index (Phi) is 5.92. The lowest BCUT2D eigenvalue weighted by atomic mass is 10.00. The largest absolute Gasteiger partial charge is 0.383 e. The van der Waals surface area contributed by atoms with E-state index in [2.05, 4.69) is 24.5 Å². The molecule has 0 radical (unpaired) electrons. The lowest BCUT2D eigenvalue weighted by molar-refractivity contribution is 0.0934. The van der Waals surface area contributed by atoms with Gasteiger partial charge in [0.05, 0.1) is 0 Å². The van der Waals surface area contributed by atoms with Crippen LogP contribution in [0.15, 0.2) is 12.1 Å². The van der Waals surface area contributed by atoms with E-state index in [4.69, 9.17) is 0 Å². The van der Waals surface area contributed by atoms with E-state index in [0.717, 1.165) is 25.0 Å². The summed E-state index contributed by atoms with van der Waals surface area (Å²) in [6, 6.07) is 2.05. The van der Waals surface area contributed by atoms with Gasteiger partial charge in [-0.1, -0.05) is 20.3 Å². The second-order valence-corrected chi connectivity index (χ2v) is 5.19. The van der Waals surface area contributed by atoms with Gasteiger partial charge in [-0.25, -0.2) is 8.78 Å². The van der Waals surface area contributed by atoms with Crippen molar-refractivity contribution in [1.82, 2.24) is 5.32 Å². The number of rotatable bonds is 6. The van der Waals surface area contributed by atoms with E-state index in [1.807, 2.05) is 6.92 Å². The topological polar surface area (TPSA) is 41.1 Å². The zero-order chi connectivity index (χ0) is 15.3. The minimum Gasteiger partial charge on any atom is -0.383 e. The molecule has 0 heterocycles. The molecule has 0 aliphatic rings. The van der Waals surface area contributed by atoms with Crippen LogP contribution in [0.5, 0.6) is 0 Å². The molecule has 5 heteroatoms. The van der Waals surface area contributed by atoms with Crippen LogP contribution in [-0.2, 0) is 0 Å². The average molecular weight is 284 g/mol. The average Bonchev–Trinajstić information content (AvgIpc) is 2.37. The van der Waals surface area contributed by atoms with E-state index in [0.29, 0.717) is 5.92 Å². The summed E-state index contributed by atoms with van der Waals surface area (Å²) in [4.78, 5) is 12.0. The molecule has 1 aromatic rings. The number of benzene rings is 1. The van der Waals surface area contributed by atoms with E-state index in [1.165, 1.54) is 7.05 Å². The van der Waals surface area contributed by atoms with Gasteiger partial charge in [0.1, 0.15) is 17.3 Å². The minimum absolute atomic E-state index is 0.00463. The molecule has 20 heavy (non-hydrogen) atoms. The fourth-order valence-corrected chi connectivity index (χ4v) is 2.08. The Bertz CT molecular complexity index is 454. The highest BCUT2D eigenvalue weighted by Crippen LogP contribution is 2.20. The molecule has 0 fully saturated rings. The lowest BCUT2D eigenvalue weighted by Gasteiger charge is -2.17. The summed E-state index contributed by atoms with van der Waals surface area (Å²) in [6.07, 6.45) is 1.86. The minimum atomic E-state index is -0.771. The Hall–Kier alpha value is -1.65. The fraction of sp³-hybridized carbons (Fsp3) is 0.533. The van der Waals surface area contributed by atoms with Crippen LogP contribution in [0.2, 0.25) is 0 Å². The van der Waals surface area contributed by atoms with Crippen LogP contribution < -0.4 is 10.6 Å². The molecular weight excluding hydrogens is 262 g/mol. The third kappa shape index (κ3) is 4.18. The van der Waals surface area contributed by atoms with Crippen LogP contribution in [0.25, 0.3) is 0 Å². The molecule has 1 aromatic carbocycles.